The summed E-state index contributed by atoms with van der Waals surface area (Å²) in [5, 5.41) is 0.203. The van der Waals surface area contributed by atoms with Gasteiger partial charge in [-0.15, -0.1) is 0 Å². The van der Waals surface area contributed by atoms with E-state index in [1.54, 1.807) is 21.3 Å². The Kier molecular flexibility index (Phi) is 8.00. The summed E-state index contributed by atoms with van der Waals surface area (Å²) in [5.74, 6) is 0.892. The van der Waals surface area contributed by atoms with Crippen LogP contribution in [0.4, 0.5) is 0 Å². The Labute approximate surface area is 193 Å². The van der Waals surface area contributed by atoms with Crippen molar-refractivity contribution in [1.29, 1.82) is 0 Å². The number of halogens is 1. The number of likely N-dealkylation sites (N-methyl/N-ethyl adjacent to an activating group) is 1. The third-order valence-corrected chi connectivity index (χ3v) is 7.53. The molecule has 1 saturated heterocycles. The average molecular weight is 483 g/mol. The van der Waals surface area contributed by atoms with E-state index in [1.165, 1.54) is 27.4 Å². The van der Waals surface area contributed by atoms with Crippen molar-refractivity contribution in [3.8, 4) is 11.5 Å². The number of amides is 1. The molecule has 2 aromatic carbocycles. The van der Waals surface area contributed by atoms with Crippen LogP contribution < -0.4 is 9.47 Å². The molecule has 0 N–H and O–H groups in total. The molecule has 0 aliphatic carbocycles. The predicted octanol–water partition coefficient (Wildman–Crippen LogP) is 2.69. The molecule has 0 aromatic heterocycles. The van der Waals surface area contributed by atoms with E-state index in [9.17, 15) is 13.2 Å². The van der Waals surface area contributed by atoms with Crippen LogP contribution in [0.2, 0.25) is 5.02 Å². The summed E-state index contributed by atoms with van der Waals surface area (Å²) in [5.41, 5.74) is 1.12. The topological polar surface area (TPSA) is 85.4 Å². The Balaban J connectivity index is 1.74. The molecule has 0 saturated carbocycles. The van der Waals surface area contributed by atoms with Gasteiger partial charge in [-0.1, -0.05) is 17.7 Å². The Bertz CT molecular complexity index is 1070. The fourth-order valence-corrected chi connectivity index (χ4v) is 5.04. The monoisotopic (exact) mass is 482 g/mol. The van der Waals surface area contributed by atoms with Crippen molar-refractivity contribution in [2.75, 3.05) is 54.1 Å². The summed E-state index contributed by atoms with van der Waals surface area (Å²) in [4.78, 5) is 14.6. The molecule has 0 radical (unpaired) electrons. The Morgan fingerprint density at radius 1 is 1.09 bits per heavy atom. The molecule has 1 fully saturated rings. The number of nitrogens with zero attached hydrogens (tertiary/aromatic N) is 2. The molecule has 0 atom stereocenters. The van der Waals surface area contributed by atoms with E-state index in [2.05, 4.69) is 0 Å². The van der Waals surface area contributed by atoms with Gasteiger partial charge in [0, 0.05) is 26.7 Å². The van der Waals surface area contributed by atoms with Gasteiger partial charge in [0.2, 0.25) is 10.0 Å². The predicted molar refractivity (Wildman–Crippen MR) is 121 cm³/mol. The fourth-order valence-electron chi connectivity index (χ4n) is 3.40. The molecule has 2 aromatic rings. The molecule has 1 aliphatic rings. The van der Waals surface area contributed by atoms with Gasteiger partial charge in [0.05, 0.1) is 42.9 Å². The van der Waals surface area contributed by atoms with Gasteiger partial charge in [0.1, 0.15) is 0 Å². The van der Waals surface area contributed by atoms with E-state index in [0.29, 0.717) is 37.7 Å². The molecule has 0 spiro atoms. The molecule has 10 heteroatoms. The van der Waals surface area contributed by atoms with Gasteiger partial charge >= 0.3 is 0 Å². The van der Waals surface area contributed by atoms with Crippen LogP contribution in [0.15, 0.2) is 41.3 Å². The van der Waals surface area contributed by atoms with E-state index in [4.69, 9.17) is 25.8 Å². The largest absolute Gasteiger partial charge is 0.493 e. The summed E-state index contributed by atoms with van der Waals surface area (Å²) < 4.78 is 43.0. The highest BCUT2D eigenvalue weighted by molar-refractivity contribution is 7.89. The highest BCUT2D eigenvalue weighted by Crippen LogP contribution is 2.28. The third kappa shape index (κ3) is 5.35. The summed E-state index contributed by atoms with van der Waals surface area (Å²) >= 11 is 6.25. The van der Waals surface area contributed by atoms with Crippen LogP contribution >= 0.6 is 11.6 Å². The van der Waals surface area contributed by atoms with Crippen LogP contribution in [-0.2, 0) is 21.2 Å². The maximum absolute atomic E-state index is 13.0. The Morgan fingerprint density at radius 2 is 1.78 bits per heavy atom. The van der Waals surface area contributed by atoms with Crippen molar-refractivity contribution in [3.05, 3.63) is 52.5 Å². The SMILES string of the molecule is COc1ccc(CCN(C)C(=O)c2cc(S(=O)(=O)N3CCOCC3)ccc2Cl)cc1OC. The molecule has 1 amide bonds. The van der Waals surface area contributed by atoms with Crippen molar-refractivity contribution in [2.45, 2.75) is 11.3 Å². The standard InChI is InChI=1S/C22H27ClN2O6S/c1-24(9-8-16-4-7-20(29-2)21(14-16)30-3)22(26)18-15-17(5-6-19(18)23)32(27,28)25-10-12-31-13-11-25/h4-7,14-15H,8-13H2,1-3H3. The van der Waals surface area contributed by atoms with Crippen LogP contribution in [0, 0.1) is 0 Å². The molecule has 0 unspecified atom stereocenters. The average Bonchev–Trinajstić information content (AvgIpc) is 2.82. The lowest BCUT2D eigenvalue weighted by atomic mass is 10.1. The minimum absolute atomic E-state index is 0.0421. The number of rotatable bonds is 8. The van der Waals surface area contributed by atoms with Crippen molar-refractivity contribution < 1.29 is 27.4 Å². The molecular weight excluding hydrogens is 456 g/mol. The second-order valence-electron chi connectivity index (χ2n) is 7.32. The lowest BCUT2D eigenvalue weighted by Crippen LogP contribution is -2.40. The van der Waals surface area contributed by atoms with Gasteiger partial charge in [-0.05, 0) is 42.3 Å². The van der Waals surface area contributed by atoms with Crippen LogP contribution in [0.3, 0.4) is 0 Å². The Morgan fingerprint density at radius 3 is 2.44 bits per heavy atom. The van der Waals surface area contributed by atoms with Crippen molar-refractivity contribution in [2.24, 2.45) is 0 Å². The summed E-state index contributed by atoms with van der Waals surface area (Å²) in [7, 11) is 1.06. The van der Waals surface area contributed by atoms with Gasteiger partial charge in [-0.3, -0.25) is 4.79 Å². The van der Waals surface area contributed by atoms with Crippen LogP contribution in [0.1, 0.15) is 15.9 Å². The molecule has 0 bridgehead atoms. The number of sulfonamides is 1. The maximum atomic E-state index is 13.0. The number of carbonyl (C=O) groups is 1. The van der Waals surface area contributed by atoms with E-state index < -0.39 is 10.0 Å². The van der Waals surface area contributed by atoms with Crippen LogP contribution in [-0.4, -0.2) is 77.6 Å². The zero-order valence-electron chi connectivity index (χ0n) is 18.3. The van der Waals surface area contributed by atoms with E-state index >= 15 is 0 Å². The van der Waals surface area contributed by atoms with Gasteiger partial charge < -0.3 is 19.1 Å². The minimum Gasteiger partial charge on any atom is -0.493 e. The number of ether oxygens (including phenoxy) is 3. The van der Waals surface area contributed by atoms with Crippen molar-refractivity contribution in [1.82, 2.24) is 9.21 Å². The first-order valence-electron chi connectivity index (χ1n) is 10.1. The first kappa shape index (κ1) is 24.3. The highest BCUT2D eigenvalue weighted by Gasteiger charge is 2.28. The molecular formula is C22H27ClN2O6S. The molecule has 3 rings (SSSR count). The number of carbonyl (C=O) groups excluding carboxylic acids is 1. The highest BCUT2D eigenvalue weighted by atomic mass is 35.5. The number of morpholine rings is 1. The second kappa shape index (κ2) is 10.5. The number of methoxy groups -OCH3 is 2. The molecule has 32 heavy (non-hydrogen) atoms. The van der Waals surface area contributed by atoms with E-state index in [0.717, 1.165) is 5.56 Å². The van der Waals surface area contributed by atoms with Gasteiger partial charge in [0.15, 0.2) is 11.5 Å². The molecule has 8 nitrogen and oxygen atoms in total. The third-order valence-electron chi connectivity index (χ3n) is 5.31. The first-order chi connectivity index (χ1) is 15.3. The smallest absolute Gasteiger partial charge is 0.255 e. The lowest BCUT2D eigenvalue weighted by Gasteiger charge is -2.26. The Hall–Kier alpha value is -2.33. The number of hydrogen-bond acceptors (Lipinski definition) is 6. The van der Waals surface area contributed by atoms with Crippen molar-refractivity contribution >= 4 is 27.5 Å². The van der Waals surface area contributed by atoms with Gasteiger partial charge in [0.25, 0.3) is 5.91 Å². The summed E-state index contributed by atoms with van der Waals surface area (Å²) in [6.07, 6.45) is 0.575. The second-order valence-corrected chi connectivity index (χ2v) is 9.67. The maximum Gasteiger partial charge on any atom is 0.255 e. The van der Waals surface area contributed by atoms with Crippen LogP contribution in [0.25, 0.3) is 0 Å². The number of benzene rings is 2. The van der Waals surface area contributed by atoms with E-state index in [1.807, 2.05) is 18.2 Å². The quantitative estimate of drug-likeness (QED) is 0.575. The zero-order valence-corrected chi connectivity index (χ0v) is 19.9. The molecule has 1 aliphatic heterocycles. The summed E-state index contributed by atoms with van der Waals surface area (Å²) in [6.45, 7) is 1.65. The van der Waals surface area contributed by atoms with E-state index in [-0.39, 0.29) is 34.5 Å². The number of hydrogen-bond donors (Lipinski definition) is 0. The normalized spacial score (nSPS) is 14.8. The first-order valence-corrected chi connectivity index (χ1v) is 11.9. The fraction of sp³-hybridized carbons (Fsp3) is 0.409. The lowest BCUT2D eigenvalue weighted by molar-refractivity contribution is 0.0730. The zero-order chi connectivity index (χ0) is 23.3. The molecule has 174 valence electrons. The van der Waals surface area contributed by atoms with Gasteiger partial charge in [-0.2, -0.15) is 4.31 Å². The van der Waals surface area contributed by atoms with Gasteiger partial charge in [-0.25, -0.2) is 8.42 Å². The minimum atomic E-state index is -3.73. The molecule has 1 heterocycles. The van der Waals surface area contributed by atoms with Crippen LogP contribution in [0.5, 0.6) is 11.5 Å². The summed E-state index contributed by atoms with van der Waals surface area (Å²) in [6, 6.07) is 9.80. The van der Waals surface area contributed by atoms with Crippen molar-refractivity contribution in [3.63, 3.8) is 0 Å².